The van der Waals surface area contributed by atoms with Gasteiger partial charge in [-0.1, -0.05) is 170 Å². The summed E-state index contributed by atoms with van der Waals surface area (Å²) >= 11 is 0. The Hall–Kier alpha value is -7.16. The van der Waals surface area contributed by atoms with Crippen LogP contribution in [-0.2, 0) is 5.41 Å². The molecule has 2 nitrogen and oxygen atoms in total. The third-order valence-corrected chi connectivity index (χ3v) is 12.0. The summed E-state index contributed by atoms with van der Waals surface area (Å²) in [4.78, 5) is 0. The normalized spacial score (nSPS) is 13.4. The van der Waals surface area contributed by atoms with E-state index in [-0.39, 0.29) is 0 Å². The summed E-state index contributed by atoms with van der Waals surface area (Å²) in [5, 5.41) is 4.57. The second-order valence-corrected chi connectivity index (χ2v) is 14.7. The van der Waals surface area contributed by atoms with Gasteiger partial charge < -0.3 is 9.15 Å². The molecule has 10 aromatic rings. The zero-order valence-corrected chi connectivity index (χ0v) is 29.8. The Labute approximate surface area is 318 Å². The Morgan fingerprint density at radius 1 is 0.345 bits per heavy atom. The maximum Gasteiger partial charge on any atom is 0.143 e. The Bertz CT molecular complexity index is 3150. The average molecular weight is 701 g/mol. The van der Waals surface area contributed by atoms with Crippen molar-refractivity contribution in [3.05, 3.63) is 216 Å². The molecule has 12 rings (SSSR count). The van der Waals surface area contributed by atoms with Gasteiger partial charge in [0.2, 0.25) is 0 Å². The molecule has 1 aliphatic heterocycles. The van der Waals surface area contributed by atoms with E-state index < -0.39 is 5.41 Å². The quantitative estimate of drug-likeness (QED) is 0.183. The number of benzene rings is 9. The first-order chi connectivity index (χ1) is 27.3. The van der Waals surface area contributed by atoms with Crippen molar-refractivity contribution in [2.45, 2.75) is 5.41 Å². The summed E-state index contributed by atoms with van der Waals surface area (Å²) in [6.07, 6.45) is 0. The first-order valence-corrected chi connectivity index (χ1v) is 18.9. The lowest BCUT2D eigenvalue weighted by molar-refractivity contribution is 0.436. The van der Waals surface area contributed by atoms with E-state index in [0.717, 1.165) is 72.2 Å². The van der Waals surface area contributed by atoms with Crippen LogP contribution in [0.15, 0.2) is 199 Å². The van der Waals surface area contributed by atoms with Gasteiger partial charge in [0.1, 0.15) is 22.7 Å². The van der Waals surface area contributed by atoms with Crippen molar-refractivity contribution in [1.82, 2.24) is 0 Å². The molecule has 0 amide bonds. The molecule has 2 heterocycles. The van der Waals surface area contributed by atoms with Crippen molar-refractivity contribution in [3.63, 3.8) is 0 Å². The smallest absolute Gasteiger partial charge is 0.143 e. The van der Waals surface area contributed by atoms with Gasteiger partial charge in [-0.25, -0.2) is 0 Å². The van der Waals surface area contributed by atoms with Crippen molar-refractivity contribution in [1.29, 1.82) is 0 Å². The van der Waals surface area contributed by atoms with E-state index >= 15 is 0 Å². The van der Waals surface area contributed by atoms with Crippen LogP contribution in [0.4, 0.5) is 0 Å². The van der Waals surface area contributed by atoms with Crippen molar-refractivity contribution in [2.75, 3.05) is 0 Å². The minimum atomic E-state index is -0.487. The molecule has 0 fully saturated rings. The Morgan fingerprint density at radius 3 is 1.67 bits per heavy atom. The number of hydrogen-bond donors (Lipinski definition) is 0. The molecule has 0 atom stereocenters. The minimum Gasteiger partial charge on any atom is -0.457 e. The number of fused-ring (bicyclic) bond motifs is 14. The summed E-state index contributed by atoms with van der Waals surface area (Å²) < 4.78 is 13.5. The van der Waals surface area contributed by atoms with Gasteiger partial charge in [0.05, 0.1) is 5.41 Å². The fourth-order valence-electron chi connectivity index (χ4n) is 9.73. The molecule has 0 unspecified atom stereocenters. The van der Waals surface area contributed by atoms with E-state index in [1.54, 1.807) is 0 Å². The van der Waals surface area contributed by atoms with E-state index in [9.17, 15) is 0 Å². The maximum absolute atomic E-state index is 6.90. The van der Waals surface area contributed by atoms with Crippen molar-refractivity contribution in [2.24, 2.45) is 0 Å². The minimum absolute atomic E-state index is 0.487. The molecule has 1 aliphatic carbocycles. The number of ether oxygens (including phenoxy) is 1. The highest BCUT2D eigenvalue weighted by Crippen LogP contribution is 2.62. The Morgan fingerprint density at radius 2 is 0.909 bits per heavy atom. The molecule has 9 aromatic carbocycles. The van der Waals surface area contributed by atoms with Crippen LogP contribution in [0.2, 0.25) is 0 Å². The third-order valence-electron chi connectivity index (χ3n) is 12.0. The van der Waals surface area contributed by atoms with Gasteiger partial charge in [-0.05, 0) is 85.3 Å². The first kappa shape index (κ1) is 30.3. The molecule has 0 N–H and O–H groups in total. The summed E-state index contributed by atoms with van der Waals surface area (Å²) in [7, 11) is 0. The van der Waals surface area contributed by atoms with Crippen LogP contribution in [0.25, 0.3) is 77.2 Å². The molecule has 256 valence electrons. The summed E-state index contributed by atoms with van der Waals surface area (Å²) in [5.41, 5.74) is 15.7. The average Bonchev–Trinajstić information content (AvgIpc) is 3.78. The molecule has 0 bridgehead atoms. The van der Waals surface area contributed by atoms with Crippen molar-refractivity contribution in [3.8, 4) is 56.0 Å². The molecule has 55 heavy (non-hydrogen) atoms. The standard InChI is InChI=1S/C53H32O2/c1-2-16-36-33(14-1)28-30-43-51-42(22-13-27-49(51)55-52(36)43)39-19-6-5-18-38(39)37-17-4-3-15-35(37)34-29-31-47-50(32-34)54-48-26-12-11-25-46(48)53(47)44-23-9-7-20-40(44)41-21-8-10-24-45(41)53/h1-32H. The predicted octanol–water partition coefficient (Wildman–Crippen LogP) is 14.2. The first-order valence-electron chi connectivity index (χ1n) is 18.9. The molecule has 1 spiro atoms. The maximum atomic E-state index is 6.90. The second-order valence-electron chi connectivity index (χ2n) is 14.7. The molecular formula is C53H32O2. The van der Waals surface area contributed by atoms with Crippen LogP contribution in [0.3, 0.4) is 0 Å². The summed E-state index contributed by atoms with van der Waals surface area (Å²) in [5.74, 6) is 1.78. The Kier molecular flexibility index (Phi) is 6.29. The molecule has 0 radical (unpaired) electrons. The number of furan rings is 1. The van der Waals surface area contributed by atoms with Crippen LogP contribution >= 0.6 is 0 Å². The fourth-order valence-corrected chi connectivity index (χ4v) is 9.73. The van der Waals surface area contributed by atoms with Gasteiger partial charge in [0, 0.05) is 27.3 Å². The van der Waals surface area contributed by atoms with Crippen LogP contribution in [-0.4, -0.2) is 0 Å². The summed E-state index contributed by atoms with van der Waals surface area (Å²) in [6, 6.07) is 70.0. The van der Waals surface area contributed by atoms with Crippen LogP contribution in [0.5, 0.6) is 11.5 Å². The van der Waals surface area contributed by atoms with Crippen LogP contribution < -0.4 is 4.74 Å². The van der Waals surface area contributed by atoms with Gasteiger partial charge in [-0.2, -0.15) is 0 Å². The molecule has 0 saturated carbocycles. The molecule has 1 aromatic heterocycles. The van der Waals surface area contributed by atoms with Gasteiger partial charge in [0.15, 0.2) is 0 Å². The molecule has 0 saturated heterocycles. The highest BCUT2D eigenvalue weighted by Gasteiger charge is 2.50. The Balaban J connectivity index is 1.06. The fraction of sp³-hybridized carbons (Fsp3) is 0.0189. The topological polar surface area (TPSA) is 22.4 Å². The number of hydrogen-bond acceptors (Lipinski definition) is 2. The van der Waals surface area contributed by atoms with Crippen LogP contribution in [0, 0.1) is 0 Å². The van der Waals surface area contributed by atoms with Crippen molar-refractivity contribution >= 4 is 32.7 Å². The second kappa shape index (κ2) is 11.4. The van der Waals surface area contributed by atoms with Gasteiger partial charge >= 0.3 is 0 Å². The molecular weight excluding hydrogens is 669 g/mol. The third kappa shape index (κ3) is 4.14. The van der Waals surface area contributed by atoms with E-state index in [1.165, 1.54) is 38.8 Å². The van der Waals surface area contributed by atoms with E-state index in [4.69, 9.17) is 9.15 Å². The van der Waals surface area contributed by atoms with Crippen LogP contribution in [0.1, 0.15) is 22.3 Å². The highest BCUT2D eigenvalue weighted by molar-refractivity contribution is 6.19. The largest absolute Gasteiger partial charge is 0.457 e. The monoisotopic (exact) mass is 700 g/mol. The van der Waals surface area contributed by atoms with E-state index in [0.29, 0.717) is 0 Å². The van der Waals surface area contributed by atoms with Gasteiger partial charge in [-0.3, -0.25) is 0 Å². The van der Waals surface area contributed by atoms with Crippen molar-refractivity contribution < 1.29 is 9.15 Å². The highest BCUT2D eigenvalue weighted by atomic mass is 16.5. The molecule has 2 aliphatic rings. The lowest BCUT2D eigenvalue weighted by Crippen LogP contribution is -2.32. The zero-order valence-electron chi connectivity index (χ0n) is 29.8. The van der Waals surface area contributed by atoms with E-state index in [1.807, 2.05) is 0 Å². The molecule has 2 heteroatoms. The number of rotatable bonds is 3. The summed E-state index contributed by atoms with van der Waals surface area (Å²) in [6.45, 7) is 0. The van der Waals surface area contributed by atoms with E-state index in [2.05, 4.69) is 194 Å². The lowest BCUT2D eigenvalue weighted by Gasteiger charge is -2.39. The SMILES string of the molecule is c1ccc2c(c1)Oc1cc(-c3ccccc3-c3ccccc3-c3cccc4oc5c6ccccc6ccc5c34)ccc1C21c2ccccc2-c2ccccc21. The van der Waals surface area contributed by atoms with Gasteiger partial charge in [0.25, 0.3) is 0 Å². The predicted molar refractivity (Wildman–Crippen MR) is 225 cm³/mol. The number of para-hydroxylation sites is 1. The van der Waals surface area contributed by atoms with Gasteiger partial charge in [-0.15, -0.1) is 0 Å². The zero-order chi connectivity index (χ0) is 36.1. The lowest BCUT2D eigenvalue weighted by atomic mass is 9.66.